The number of benzene rings is 3. The summed E-state index contributed by atoms with van der Waals surface area (Å²) in [5, 5.41) is 12.4. The van der Waals surface area contributed by atoms with E-state index in [9.17, 15) is 0 Å². The molecule has 0 spiro atoms. The highest BCUT2D eigenvalue weighted by Gasteiger charge is 2.07. The van der Waals surface area contributed by atoms with Gasteiger partial charge in [-0.2, -0.15) is 5.26 Å². The van der Waals surface area contributed by atoms with Gasteiger partial charge in [0.15, 0.2) is 0 Å². The van der Waals surface area contributed by atoms with Crippen molar-refractivity contribution in [3.05, 3.63) is 77.9 Å². The standard InChI is InChI=1S/C22H18N4O2/c1-27-17-9-11-19(12-10-17)28-18-7-5-15(6-8-18)14-24-22-25-20-4-2-3-16(13-23)21(20)26-22/h2-12H,14H2,1H3,(H2,24,25,26). The van der Waals surface area contributed by atoms with E-state index in [1.54, 1.807) is 13.2 Å². The van der Waals surface area contributed by atoms with Crippen LogP contribution in [0.5, 0.6) is 17.2 Å². The number of nitrogens with zero attached hydrogens (tertiary/aromatic N) is 2. The molecule has 0 radical (unpaired) electrons. The van der Waals surface area contributed by atoms with Crippen molar-refractivity contribution in [2.45, 2.75) is 6.54 Å². The minimum absolute atomic E-state index is 0.557. The molecular formula is C22H18N4O2. The number of nitriles is 1. The van der Waals surface area contributed by atoms with Gasteiger partial charge >= 0.3 is 0 Å². The minimum atomic E-state index is 0.557. The zero-order valence-electron chi connectivity index (χ0n) is 15.3. The van der Waals surface area contributed by atoms with E-state index in [-0.39, 0.29) is 0 Å². The predicted octanol–water partition coefficient (Wildman–Crippen LogP) is 4.85. The lowest BCUT2D eigenvalue weighted by Crippen LogP contribution is -2.00. The molecule has 0 saturated heterocycles. The van der Waals surface area contributed by atoms with E-state index in [0.717, 1.165) is 28.3 Å². The van der Waals surface area contributed by atoms with E-state index < -0.39 is 0 Å². The van der Waals surface area contributed by atoms with Crippen LogP contribution < -0.4 is 14.8 Å². The normalized spacial score (nSPS) is 10.4. The van der Waals surface area contributed by atoms with Crippen LogP contribution in [0.1, 0.15) is 11.1 Å². The molecule has 6 heteroatoms. The molecule has 0 amide bonds. The Morgan fingerprint density at radius 2 is 1.64 bits per heavy atom. The maximum absolute atomic E-state index is 9.17. The fraction of sp³-hybridized carbons (Fsp3) is 0.0909. The number of anilines is 1. The fourth-order valence-corrected chi connectivity index (χ4v) is 2.85. The van der Waals surface area contributed by atoms with E-state index in [2.05, 4.69) is 21.4 Å². The first-order valence-corrected chi connectivity index (χ1v) is 8.79. The van der Waals surface area contributed by atoms with Crippen LogP contribution in [0.3, 0.4) is 0 Å². The van der Waals surface area contributed by atoms with Crippen molar-refractivity contribution in [1.82, 2.24) is 9.97 Å². The van der Waals surface area contributed by atoms with Crippen LogP contribution in [0.15, 0.2) is 66.7 Å². The van der Waals surface area contributed by atoms with Gasteiger partial charge in [-0.25, -0.2) is 4.98 Å². The Bertz CT molecular complexity index is 1130. The van der Waals surface area contributed by atoms with E-state index in [4.69, 9.17) is 14.7 Å². The van der Waals surface area contributed by atoms with Crippen molar-refractivity contribution < 1.29 is 9.47 Å². The summed E-state index contributed by atoms with van der Waals surface area (Å²) in [6, 6.07) is 22.9. The second kappa shape index (κ2) is 7.72. The summed E-state index contributed by atoms with van der Waals surface area (Å²) in [5.74, 6) is 2.94. The number of aromatic nitrogens is 2. The second-order valence-electron chi connectivity index (χ2n) is 6.17. The van der Waals surface area contributed by atoms with Gasteiger partial charge in [-0.05, 0) is 54.1 Å². The van der Waals surface area contributed by atoms with Crippen LogP contribution in [0, 0.1) is 11.3 Å². The Hall–Kier alpha value is -3.98. The Kier molecular flexibility index (Phi) is 4.81. The number of aromatic amines is 1. The number of ether oxygens (including phenoxy) is 2. The van der Waals surface area contributed by atoms with E-state index in [1.165, 1.54) is 0 Å². The molecule has 0 saturated carbocycles. The Labute approximate surface area is 162 Å². The number of H-pyrrole nitrogens is 1. The van der Waals surface area contributed by atoms with E-state index in [1.807, 2.05) is 60.7 Å². The zero-order valence-corrected chi connectivity index (χ0v) is 15.3. The Morgan fingerprint density at radius 1 is 0.964 bits per heavy atom. The highest BCUT2D eigenvalue weighted by Crippen LogP contribution is 2.24. The summed E-state index contributed by atoms with van der Waals surface area (Å²) in [6.45, 7) is 0.602. The molecular weight excluding hydrogens is 352 g/mol. The average Bonchev–Trinajstić information content (AvgIpc) is 3.17. The van der Waals surface area contributed by atoms with Gasteiger partial charge in [0.25, 0.3) is 0 Å². The predicted molar refractivity (Wildman–Crippen MR) is 108 cm³/mol. The van der Waals surface area contributed by atoms with Gasteiger partial charge in [-0.3, -0.25) is 0 Å². The number of hydrogen-bond donors (Lipinski definition) is 2. The lowest BCUT2D eigenvalue weighted by atomic mass is 10.2. The minimum Gasteiger partial charge on any atom is -0.497 e. The molecule has 0 atom stereocenters. The quantitative estimate of drug-likeness (QED) is 0.507. The monoisotopic (exact) mass is 370 g/mol. The number of methoxy groups -OCH3 is 1. The van der Waals surface area contributed by atoms with Crippen LogP contribution in [0.2, 0.25) is 0 Å². The van der Waals surface area contributed by atoms with Crippen LogP contribution in [-0.4, -0.2) is 17.1 Å². The van der Waals surface area contributed by atoms with Crippen LogP contribution in [0.25, 0.3) is 11.0 Å². The third-order valence-corrected chi connectivity index (χ3v) is 4.31. The molecule has 138 valence electrons. The third kappa shape index (κ3) is 3.74. The number of nitrogens with one attached hydrogen (secondary N) is 2. The number of fused-ring (bicyclic) bond motifs is 1. The molecule has 0 bridgehead atoms. The summed E-state index contributed by atoms with van der Waals surface area (Å²) < 4.78 is 11.0. The topological polar surface area (TPSA) is 83.0 Å². The summed E-state index contributed by atoms with van der Waals surface area (Å²) >= 11 is 0. The lowest BCUT2D eigenvalue weighted by Gasteiger charge is -2.08. The second-order valence-corrected chi connectivity index (χ2v) is 6.17. The van der Waals surface area contributed by atoms with Crippen molar-refractivity contribution in [3.63, 3.8) is 0 Å². The summed E-state index contributed by atoms with van der Waals surface area (Å²) in [6.07, 6.45) is 0. The summed E-state index contributed by atoms with van der Waals surface area (Å²) in [7, 11) is 1.64. The number of para-hydroxylation sites is 1. The molecule has 0 unspecified atom stereocenters. The molecule has 0 aliphatic heterocycles. The summed E-state index contributed by atoms with van der Waals surface area (Å²) in [5.41, 5.74) is 3.16. The molecule has 0 fully saturated rings. The van der Waals surface area contributed by atoms with Gasteiger partial charge in [-0.15, -0.1) is 0 Å². The first kappa shape index (κ1) is 17.4. The lowest BCUT2D eigenvalue weighted by molar-refractivity contribution is 0.413. The number of imidazole rings is 1. The number of hydrogen-bond acceptors (Lipinski definition) is 5. The maximum Gasteiger partial charge on any atom is 0.201 e. The Morgan fingerprint density at radius 3 is 2.32 bits per heavy atom. The van der Waals surface area contributed by atoms with Crippen molar-refractivity contribution in [2.24, 2.45) is 0 Å². The van der Waals surface area contributed by atoms with Gasteiger partial charge in [0.2, 0.25) is 5.95 Å². The molecule has 1 aromatic heterocycles. The van der Waals surface area contributed by atoms with Crippen molar-refractivity contribution in [2.75, 3.05) is 12.4 Å². The number of rotatable bonds is 6. The Balaban J connectivity index is 1.40. The molecule has 3 aromatic carbocycles. The van der Waals surface area contributed by atoms with Crippen LogP contribution in [-0.2, 0) is 6.54 Å². The zero-order chi connectivity index (χ0) is 19.3. The first-order chi connectivity index (χ1) is 13.7. The first-order valence-electron chi connectivity index (χ1n) is 8.79. The molecule has 0 aliphatic rings. The largest absolute Gasteiger partial charge is 0.497 e. The van der Waals surface area contributed by atoms with E-state index in [0.29, 0.717) is 23.6 Å². The van der Waals surface area contributed by atoms with Gasteiger partial charge < -0.3 is 19.8 Å². The molecule has 4 rings (SSSR count). The van der Waals surface area contributed by atoms with Crippen LogP contribution >= 0.6 is 0 Å². The highest BCUT2D eigenvalue weighted by molar-refractivity contribution is 5.83. The molecule has 28 heavy (non-hydrogen) atoms. The molecule has 1 heterocycles. The van der Waals surface area contributed by atoms with Crippen LogP contribution in [0.4, 0.5) is 5.95 Å². The van der Waals surface area contributed by atoms with Gasteiger partial charge in [0, 0.05) is 6.54 Å². The van der Waals surface area contributed by atoms with Gasteiger partial charge in [-0.1, -0.05) is 18.2 Å². The third-order valence-electron chi connectivity index (χ3n) is 4.31. The van der Waals surface area contributed by atoms with Gasteiger partial charge in [0.05, 0.1) is 18.2 Å². The highest BCUT2D eigenvalue weighted by atomic mass is 16.5. The average molecular weight is 370 g/mol. The van der Waals surface area contributed by atoms with Crippen molar-refractivity contribution in [3.8, 4) is 23.3 Å². The molecule has 4 aromatic rings. The SMILES string of the molecule is COc1ccc(Oc2ccc(CNc3nc4c(C#N)cccc4[nH]3)cc2)cc1. The van der Waals surface area contributed by atoms with Gasteiger partial charge in [0.1, 0.15) is 28.8 Å². The smallest absolute Gasteiger partial charge is 0.201 e. The molecule has 6 nitrogen and oxygen atoms in total. The van der Waals surface area contributed by atoms with Crippen molar-refractivity contribution in [1.29, 1.82) is 5.26 Å². The summed E-state index contributed by atoms with van der Waals surface area (Å²) in [4.78, 5) is 7.65. The fourth-order valence-electron chi connectivity index (χ4n) is 2.85. The maximum atomic E-state index is 9.17. The van der Waals surface area contributed by atoms with Crippen molar-refractivity contribution >= 4 is 17.0 Å². The molecule has 0 aliphatic carbocycles. The van der Waals surface area contributed by atoms with E-state index >= 15 is 0 Å². The molecule has 2 N–H and O–H groups in total.